The highest BCUT2D eigenvalue weighted by atomic mass is 16.3. The third-order valence-corrected chi connectivity index (χ3v) is 3.64. The molecule has 2 unspecified atom stereocenters. The molecule has 0 aliphatic carbocycles. The summed E-state index contributed by atoms with van der Waals surface area (Å²) in [6.07, 6.45) is 2.23. The lowest BCUT2D eigenvalue weighted by molar-refractivity contribution is -0.0228. The first-order valence-electron chi connectivity index (χ1n) is 6.39. The first kappa shape index (κ1) is 15.5. The number of rotatable bonds is 7. The Balaban J connectivity index is 4.56. The Hall–Kier alpha value is -0.520. The van der Waals surface area contributed by atoms with Gasteiger partial charge in [-0.1, -0.05) is 20.8 Å². The van der Waals surface area contributed by atoms with Crippen molar-refractivity contribution in [1.29, 1.82) is 0 Å². The van der Waals surface area contributed by atoms with Crippen LogP contribution in [0.3, 0.4) is 0 Å². The molecule has 0 fully saturated rings. The van der Waals surface area contributed by atoms with Gasteiger partial charge in [0.15, 0.2) is 0 Å². The van der Waals surface area contributed by atoms with E-state index in [4.69, 9.17) is 0 Å². The lowest BCUT2D eigenvalue weighted by Crippen LogP contribution is -2.54. The number of nitrogens with zero attached hydrogens (tertiary/aromatic N) is 1. The van der Waals surface area contributed by atoms with E-state index in [2.05, 4.69) is 44.4 Å². The third-order valence-electron chi connectivity index (χ3n) is 3.64. The van der Waals surface area contributed by atoms with Crippen molar-refractivity contribution in [2.75, 3.05) is 13.1 Å². The Labute approximate surface area is 101 Å². The minimum absolute atomic E-state index is 0.112. The molecule has 0 saturated heterocycles. The van der Waals surface area contributed by atoms with Crippen LogP contribution in [0.25, 0.3) is 0 Å². The molecule has 0 spiro atoms. The molecule has 94 valence electrons. The van der Waals surface area contributed by atoms with Crippen LogP contribution in [0.5, 0.6) is 0 Å². The second-order valence-corrected chi connectivity index (χ2v) is 4.36. The van der Waals surface area contributed by atoms with Crippen LogP contribution < -0.4 is 0 Å². The van der Waals surface area contributed by atoms with Crippen molar-refractivity contribution < 1.29 is 5.11 Å². The molecular weight excluding hydrogens is 198 g/mol. The average Bonchev–Trinajstić information content (AvgIpc) is 2.30. The second kappa shape index (κ2) is 7.70. The summed E-state index contributed by atoms with van der Waals surface area (Å²) in [5, 5.41) is 10.3. The van der Waals surface area contributed by atoms with Crippen LogP contribution >= 0.6 is 0 Å². The maximum Gasteiger partial charge on any atom is 0.0730 e. The highest BCUT2D eigenvalue weighted by molar-refractivity contribution is 4.98. The zero-order valence-electron chi connectivity index (χ0n) is 11.5. The molecule has 0 heterocycles. The predicted octanol–water partition coefficient (Wildman–Crippen LogP) is 2.66. The zero-order chi connectivity index (χ0) is 12.6. The van der Waals surface area contributed by atoms with E-state index in [9.17, 15) is 5.11 Å². The van der Waals surface area contributed by atoms with Crippen LogP contribution in [0.15, 0.2) is 0 Å². The normalized spacial score (nSPS) is 16.4. The van der Waals surface area contributed by atoms with E-state index in [1.807, 2.05) is 6.92 Å². The topological polar surface area (TPSA) is 23.5 Å². The first-order valence-corrected chi connectivity index (χ1v) is 6.39. The fourth-order valence-electron chi connectivity index (χ4n) is 2.26. The van der Waals surface area contributed by atoms with Gasteiger partial charge in [0.25, 0.3) is 0 Å². The summed E-state index contributed by atoms with van der Waals surface area (Å²) in [5.41, 5.74) is -0.112. The molecule has 0 rings (SSSR count). The quantitative estimate of drug-likeness (QED) is 0.673. The van der Waals surface area contributed by atoms with E-state index < -0.39 is 0 Å². The van der Waals surface area contributed by atoms with E-state index in [0.29, 0.717) is 0 Å². The average molecular weight is 225 g/mol. The Bertz CT molecular complexity index is 237. The Kier molecular flexibility index (Phi) is 7.45. The van der Waals surface area contributed by atoms with Gasteiger partial charge < -0.3 is 5.11 Å². The van der Waals surface area contributed by atoms with Crippen molar-refractivity contribution >= 4 is 0 Å². The first-order chi connectivity index (χ1) is 7.56. The summed E-state index contributed by atoms with van der Waals surface area (Å²) in [7, 11) is 0. The smallest absolute Gasteiger partial charge is 0.0730 e. The van der Waals surface area contributed by atoms with Crippen molar-refractivity contribution in [3.8, 4) is 11.8 Å². The zero-order valence-corrected chi connectivity index (χ0v) is 11.5. The number of aliphatic hydroxyl groups excluding tert-OH is 1. The molecule has 2 nitrogen and oxygen atoms in total. The molecule has 0 saturated carbocycles. The molecule has 0 aliphatic heterocycles. The van der Waals surface area contributed by atoms with Gasteiger partial charge in [-0.25, -0.2) is 0 Å². The number of aliphatic hydroxyl groups is 1. The van der Waals surface area contributed by atoms with Crippen LogP contribution in [-0.4, -0.2) is 34.7 Å². The monoisotopic (exact) mass is 225 g/mol. The maximum absolute atomic E-state index is 10.3. The molecule has 2 heteroatoms. The van der Waals surface area contributed by atoms with Crippen molar-refractivity contribution in [2.45, 2.75) is 65.5 Å². The summed E-state index contributed by atoms with van der Waals surface area (Å²) in [6, 6.07) is 0. The molecule has 1 N–H and O–H groups in total. The van der Waals surface area contributed by atoms with Gasteiger partial charge in [0.1, 0.15) is 0 Å². The molecule has 0 amide bonds. The fraction of sp³-hybridized carbons (Fsp3) is 0.857. The number of hydrogen-bond donors (Lipinski definition) is 1. The van der Waals surface area contributed by atoms with E-state index in [1.165, 1.54) is 0 Å². The van der Waals surface area contributed by atoms with Crippen LogP contribution in [0.1, 0.15) is 53.9 Å². The van der Waals surface area contributed by atoms with E-state index in [1.54, 1.807) is 0 Å². The molecule has 0 radical (unpaired) electrons. The van der Waals surface area contributed by atoms with Crippen LogP contribution in [0.2, 0.25) is 0 Å². The Morgan fingerprint density at radius 3 is 2.19 bits per heavy atom. The van der Waals surface area contributed by atoms with E-state index in [-0.39, 0.29) is 11.6 Å². The van der Waals surface area contributed by atoms with Crippen molar-refractivity contribution in [2.24, 2.45) is 0 Å². The fourth-order valence-corrected chi connectivity index (χ4v) is 2.26. The van der Waals surface area contributed by atoms with Gasteiger partial charge in [0.05, 0.1) is 6.10 Å². The SMILES string of the molecule is CC#CCCC(O)C(C)(CC)N(CC)CC. The highest BCUT2D eigenvalue weighted by Crippen LogP contribution is 2.26. The van der Waals surface area contributed by atoms with Crippen LogP contribution in [-0.2, 0) is 0 Å². The standard InChI is InChI=1S/C14H27NO/c1-6-10-11-12-13(16)14(5,7-2)15(8-3)9-4/h13,16H,7-9,11-12H2,1-5H3. The second-order valence-electron chi connectivity index (χ2n) is 4.36. The van der Waals surface area contributed by atoms with Gasteiger partial charge >= 0.3 is 0 Å². The molecule has 16 heavy (non-hydrogen) atoms. The summed E-state index contributed by atoms with van der Waals surface area (Å²) in [5.74, 6) is 5.90. The molecule has 0 aromatic heterocycles. The minimum Gasteiger partial charge on any atom is -0.391 e. The Morgan fingerprint density at radius 1 is 1.25 bits per heavy atom. The summed E-state index contributed by atoms with van der Waals surface area (Å²) in [4.78, 5) is 2.34. The molecule has 0 aliphatic rings. The molecule has 0 bridgehead atoms. The van der Waals surface area contributed by atoms with Gasteiger partial charge in [-0.3, -0.25) is 4.90 Å². The van der Waals surface area contributed by atoms with Crippen LogP contribution in [0, 0.1) is 11.8 Å². The molecular formula is C14H27NO. The summed E-state index contributed by atoms with van der Waals surface area (Å²) < 4.78 is 0. The van der Waals surface area contributed by atoms with Gasteiger partial charge in [-0.15, -0.1) is 11.8 Å². The minimum atomic E-state index is -0.293. The number of likely N-dealkylation sites (N-methyl/N-ethyl adjacent to an activating group) is 1. The van der Waals surface area contributed by atoms with Crippen molar-refractivity contribution in [1.82, 2.24) is 4.90 Å². The van der Waals surface area contributed by atoms with Gasteiger partial charge in [-0.2, -0.15) is 0 Å². The lowest BCUT2D eigenvalue weighted by atomic mass is 9.86. The van der Waals surface area contributed by atoms with Crippen molar-refractivity contribution in [3.05, 3.63) is 0 Å². The van der Waals surface area contributed by atoms with E-state index >= 15 is 0 Å². The Morgan fingerprint density at radius 2 is 1.81 bits per heavy atom. The predicted molar refractivity (Wildman–Crippen MR) is 70.3 cm³/mol. The molecule has 0 aromatic carbocycles. The van der Waals surface area contributed by atoms with Gasteiger partial charge in [0, 0.05) is 12.0 Å². The maximum atomic E-state index is 10.3. The lowest BCUT2D eigenvalue weighted by Gasteiger charge is -2.43. The largest absolute Gasteiger partial charge is 0.391 e. The number of hydrogen-bond acceptors (Lipinski definition) is 2. The van der Waals surface area contributed by atoms with Crippen LogP contribution in [0.4, 0.5) is 0 Å². The third kappa shape index (κ3) is 3.81. The molecule has 2 atom stereocenters. The summed E-state index contributed by atoms with van der Waals surface area (Å²) >= 11 is 0. The summed E-state index contributed by atoms with van der Waals surface area (Å²) in [6.45, 7) is 12.4. The van der Waals surface area contributed by atoms with Crippen molar-refractivity contribution in [3.63, 3.8) is 0 Å². The molecule has 0 aromatic rings. The highest BCUT2D eigenvalue weighted by Gasteiger charge is 2.35. The van der Waals surface area contributed by atoms with Gasteiger partial charge in [0.2, 0.25) is 0 Å². The van der Waals surface area contributed by atoms with E-state index in [0.717, 1.165) is 32.4 Å². The van der Waals surface area contributed by atoms with Gasteiger partial charge in [-0.05, 0) is 39.8 Å².